The molecule has 0 radical (unpaired) electrons. The van der Waals surface area contributed by atoms with Gasteiger partial charge >= 0.3 is 5.97 Å². The molecule has 8 heteroatoms. The summed E-state index contributed by atoms with van der Waals surface area (Å²) in [5.74, 6) is -2.15. The van der Waals surface area contributed by atoms with E-state index in [-0.39, 0.29) is 17.8 Å². The molecule has 8 nitrogen and oxygen atoms in total. The number of hydrogen-bond donors (Lipinski definition) is 1. The molecule has 0 aliphatic rings. The van der Waals surface area contributed by atoms with Crippen molar-refractivity contribution in [2.45, 2.75) is 34.1 Å². The van der Waals surface area contributed by atoms with Gasteiger partial charge in [0, 0.05) is 43.5 Å². The monoisotopic (exact) mass is 366 g/mol. The number of nitro groups is 1. The molecular weight excluding hydrogens is 340 g/mol. The second kappa shape index (κ2) is 9.86. The first-order valence-corrected chi connectivity index (χ1v) is 8.54. The van der Waals surface area contributed by atoms with Crippen LogP contribution in [0.1, 0.15) is 41.8 Å². The van der Waals surface area contributed by atoms with Gasteiger partial charge in [-0.1, -0.05) is 6.92 Å². The maximum atomic E-state index is 12.9. The fourth-order valence-corrected chi connectivity index (χ4v) is 2.62. The van der Waals surface area contributed by atoms with Crippen LogP contribution in [0.3, 0.4) is 0 Å². The Morgan fingerprint density at radius 3 is 2.50 bits per heavy atom. The van der Waals surface area contributed by atoms with Crippen molar-refractivity contribution in [1.29, 1.82) is 0 Å². The number of nitrogens with zero attached hydrogens (tertiary/aromatic N) is 2. The van der Waals surface area contributed by atoms with Crippen molar-refractivity contribution in [3.63, 3.8) is 0 Å². The van der Waals surface area contributed by atoms with Gasteiger partial charge in [-0.2, -0.15) is 0 Å². The Bertz CT molecular complexity index is 674. The predicted octanol–water partition coefficient (Wildman–Crippen LogP) is 2.80. The Kier molecular flexibility index (Phi) is 8.18. The number of benzene rings is 1. The number of carboxylic acids is 1. The first-order chi connectivity index (χ1) is 12.2. The van der Waals surface area contributed by atoms with Crippen LogP contribution in [-0.2, 0) is 9.53 Å². The summed E-state index contributed by atoms with van der Waals surface area (Å²) in [5.41, 5.74) is 1.19. The zero-order chi connectivity index (χ0) is 19.9. The molecule has 1 N–H and O–H groups in total. The maximum absolute atomic E-state index is 12.9. The van der Waals surface area contributed by atoms with Gasteiger partial charge < -0.3 is 14.7 Å². The van der Waals surface area contributed by atoms with Crippen LogP contribution in [-0.4, -0.2) is 53.1 Å². The fourth-order valence-electron chi connectivity index (χ4n) is 2.62. The molecule has 1 amide bonds. The number of amides is 1. The third-order valence-corrected chi connectivity index (χ3v) is 4.09. The number of ether oxygens (including phenoxy) is 1. The summed E-state index contributed by atoms with van der Waals surface area (Å²) in [4.78, 5) is 36.2. The lowest BCUT2D eigenvalue weighted by molar-refractivity contribution is -0.385. The number of carbonyl (C=O) groups excluding carboxylic acids is 1. The molecule has 0 aliphatic carbocycles. The van der Waals surface area contributed by atoms with Gasteiger partial charge in [0.1, 0.15) is 0 Å². The van der Waals surface area contributed by atoms with E-state index < -0.39 is 22.7 Å². The van der Waals surface area contributed by atoms with Gasteiger partial charge in [-0.15, -0.1) is 0 Å². The molecule has 26 heavy (non-hydrogen) atoms. The first kappa shape index (κ1) is 21.6. The molecule has 0 aliphatic heterocycles. The molecule has 0 bridgehead atoms. The Hall–Kier alpha value is -2.48. The Labute approximate surface area is 152 Å². The highest BCUT2D eigenvalue weighted by Gasteiger charge is 2.25. The van der Waals surface area contributed by atoms with Gasteiger partial charge in [-0.25, -0.2) is 0 Å². The Balaban J connectivity index is 3.11. The van der Waals surface area contributed by atoms with Crippen LogP contribution in [0.2, 0.25) is 0 Å². The number of carboxylic acid groups (broad SMARTS) is 1. The molecule has 1 rings (SSSR count). The Morgan fingerprint density at radius 2 is 1.96 bits per heavy atom. The van der Waals surface area contributed by atoms with E-state index in [0.717, 1.165) is 0 Å². The molecule has 0 aromatic heterocycles. The molecule has 1 atom stereocenters. The van der Waals surface area contributed by atoms with Gasteiger partial charge in [-0.3, -0.25) is 19.7 Å². The van der Waals surface area contributed by atoms with E-state index in [1.807, 2.05) is 6.92 Å². The average Bonchev–Trinajstić information content (AvgIpc) is 2.56. The van der Waals surface area contributed by atoms with Crippen LogP contribution in [0.15, 0.2) is 12.1 Å². The van der Waals surface area contributed by atoms with E-state index in [1.54, 1.807) is 19.9 Å². The third kappa shape index (κ3) is 5.80. The van der Waals surface area contributed by atoms with Crippen molar-refractivity contribution in [3.05, 3.63) is 38.9 Å². The molecule has 1 aromatic carbocycles. The van der Waals surface area contributed by atoms with Crippen LogP contribution in [0.25, 0.3) is 0 Å². The number of carbonyl (C=O) groups is 2. The van der Waals surface area contributed by atoms with Crippen LogP contribution in [0, 0.1) is 29.9 Å². The fraction of sp³-hybridized carbons (Fsp3) is 0.556. The van der Waals surface area contributed by atoms with Gasteiger partial charge in [0.05, 0.1) is 10.8 Å². The quantitative estimate of drug-likeness (QED) is 0.387. The van der Waals surface area contributed by atoms with Crippen LogP contribution < -0.4 is 0 Å². The lowest BCUT2D eigenvalue weighted by atomic mass is 10.0. The second-order valence-corrected chi connectivity index (χ2v) is 6.25. The third-order valence-electron chi connectivity index (χ3n) is 4.09. The van der Waals surface area contributed by atoms with E-state index in [9.17, 15) is 19.7 Å². The summed E-state index contributed by atoms with van der Waals surface area (Å²) >= 11 is 0. The number of aliphatic carboxylic acids is 1. The van der Waals surface area contributed by atoms with E-state index in [4.69, 9.17) is 9.84 Å². The standard InChI is InChI=1S/C18H26N2O6/c1-5-26-8-6-7-19(11-14(4)18(22)23)17(21)15-10-16(20(24)25)13(3)9-12(15)2/h9-10,14H,5-8,11H2,1-4H3,(H,22,23). The van der Waals surface area contributed by atoms with Crippen molar-refractivity contribution in [3.8, 4) is 0 Å². The highest BCUT2D eigenvalue weighted by molar-refractivity contribution is 5.96. The van der Waals surface area contributed by atoms with Gasteiger partial charge in [0.15, 0.2) is 0 Å². The molecule has 0 saturated carbocycles. The summed E-state index contributed by atoms with van der Waals surface area (Å²) in [7, 11) is 0. The first-order valence-electron chi connectivity index (χ1n) is 8.54. The molecule has 0 fully saturated rings. The van der Waals surface area contributed by atoms with Crippen molar-refractivity contribution >= 4 is 17.6 Å². The topological polar surface area (TPSA) is 110 Å². The minimum absolute atomic E-state index is 0.0292. The molecule has 1 unspecified atom stereocenters. The minimum atomic E-state index is -1.00. The highest BCUT2D eigenvalue weighted by Crippen LogP contribution is 2.24. The highest BCUT2D eigenvalue weighted by atomic mass is 16.6. The van der Waals surface area contributed by atoms with E-state index >= 15 is 0 Å². The lowest BCUT2D eigenvalue weighted by Crippen LogP contribution is -2.38. The SMILES string of the molecule is CCOCCCN(CC(C)C(=O)O)C(=O)c1cc([N+](=O)[O-])c(C)cc1C. The van der Waals surface area contributed by atoms with Crippen molar-refractivity contribution in [2.24, 2.45) is 5.92 Å². The summed E-state index contributed by atoms with van der Waals surface area (Å²) in [6.07, 6.45) is 0.554. The lowest BCUT2D eigenvalue weighted by Gasteiger charge is -2.25. The van der Waals surface area contributed by atoms with Crippen LogP contribution in [0.4, 0.5) is 5.69 Å². The normalized spacial score (nSPS) is 11.8. The van der Waals surface area contributed by atoms with E-state index in [1.165, 1.54) is 17.9 Å². The maximum Gasteiger partial charge on any atom is 0.308 e. The van der Waals surface area contributed by atoms with Crippen molar-refractivity contribution in [2.75, 3.05) is 26.3 Å². The predicted molar refractivity (Wildman–Crippen MR) is 96.4 cm³/mol. The summed E-state index contributed by atoms with van der Waals surface area (Å²) in [6, 6.07) is 2.87. The summed E-state index contributed by atoms with van der Waals surface area (Å²) in [5, 5.41) is 20.3. The summed E-state index contributed by atoms with van der Waals surface area (Å²) < 4.78 is 5.27. The minimum Gasteiger partial charge on any atom is -0.481 e. The number of rotatable bonds is 10. The average molecular weight is 366 g/mol. The van der Waals surface area contributed by atoms with Gasteiger partial charge in [0.2, 0.25) is 0 Å². The number of aryl methyl sites for hydroxylation is 2. The number of nitro benzene ring substituents is 1. The molecular formula is C18H26N2O6. The van der Waals surface area contributed by atoms with Crippen molar-refractivity contribution in [1.82, 2.24) is 4.90 Å². The molecule has 144 valence electrons. The zero-order valence-corrected chi connectivity index (χ0v) is 15.7. The van der Waals surface area contributed by atoms with Crippen LogP contribution >= 0.6 is 0 Å². The van der Waals surface area contributed by atoms with E-state index in [2.05, 4.69) is 0 Å². The number of hydrogen-bond acceptors (Lipinski definition) is 5. The molecule has 0 spiro atoms. The largest absolute Gasteiger partial charge is 0.481 e. The van der Waals surface area contributed by atoms with Gasteiger partial charge in [-0.05, 0) is 38.8 Å². The molecule has 0 saturated heterocycles. The smallest absolute Gasteiger partial charge is 0.308 e. The molecule has 1 aromatic rings. The zero-order valence-electron chi connectivity index (χ0n) is 15.7. The second-order valence-electron chi connectivity index (χ2n) is 6.25. The van der Waals surface area contributed by atoms with Gasteiger partial charge in [0.25, 0.3) is 11.6 Å². The Morgan fingerprint density at radius 1 is 1.31 bits per heavy atom. The van der Waals surface area contributed by atoms with E-state index in [0.29, 0.717) is 37.3 Å². The van der Waals surface area contributed by atoms with Crippen LogP contribution in [0.5, 0.6) is 0 Å². The molecule has 0 heterocycles. The summed E-state index contributed by atoms with van der Waals surface area (Å²) in [6.45, 7) is 8.07. The van der Waals surface area contributed by atoms with Crippen molar-refractivity contribution < 1.29 is 24.4 Å².